The van der Waals surface area contributed by atoms with E-state index in [-0.39, 0.29) is 25.7 Å². The summed E-state index contributed by atoms with van der Waals surface area (Å²) in [5, 5.41) is 11.7. The Morgan fingerprint density at radius 1 is 1.33 bits per heavy atom. The average Bonchev–Trinajstić information content (AvgIpc) is 2.86. The Labute approximate surface area is 123 Å². The lowest BCUT2D eigenvalue weighted by molar-refractivity contribution is -0.142. The number of carbonyl (C=O) groups is 2. The van der Waals surface area contributed by atoms with Crippen molar-refractivity contribution in [3.05, 3.63) is 0 Å². The summed E-state index contributed by atoms with van der Waals surface area (Å²) in [7, 11) is -3.31. The maximum absolute atomic E-state index is 12.2. The molecule has 3 atom stereocenters. The average molecular weight is 320 g/mol. The number of aliphatic carboxylic acids is 1. The maximum atomic E-state index is 12.2. The quantitative estimate of drug-likeness (QED) is 0.678. The predicted molar refractivity (Wildman–Crippen MR) is 73.0 cm³/mol. The van der Waals surface area contributed by atoms with Crippen LogP contribution in [0.1, 0.15) is 12.8 Å². The lowest BCUT2D eigenvalue weighted by atomic mass is 9.97. The van der Waals surface area contributed by atoms with Crippen molar-refractivity contribution in [2.24, 2.45) is 11.8 Å². The Hall–Kier alpha value is -1.19. The second kappa shape index (κ2) is 6.29. The third-order valence-electron chi connectivity index (χ3n) is 3.95. The van der Waals surface area contributed by atoms with E-state index in [1.807, 2.05) is 0 Å². The monoisotopic (exact) mass is 320 g/mol. The molecule has 2 N–H and O–H groups in total. The fourth-order valence-electron chi connectivity index (χ4n) is 2.70. The molecule has 9 heteroatoms. The molecule has 2 saturated heterocycles. The number of carboxylic acids is 1. The lowest BCUT2D eigenvalue weighted by Gasteiger charge is -2.31. The van der Waals surface area contributed by atoms with Crippen LogP contribution in [-0.4, -0.2) is 68.3 Å². The van der Waals surface area contributed by atoms with E-state index in [1.165, 1.54) is 4.31 Å². The van der Waals surface area contributed by atoms with E-state index < -0.39 is 33.9 Å². The summed E-state index contributed by atoms with van der Waals surface area (Å²) in [4.78, 5) is 23.2. The molecule has 0 saturated carbocycles. The molecule has 2 rings (SSSR count). The van der Waals surface area contributed by atoms with Gasteiger partial charge in [-0.3, -0.25) is 9.59 Å². The van der Waals surface area contributed by atoms with Gasteiger partial charge in [-0.25, -0.2) is 12.7 Å². The third kappa shape index (κ3) is 3.92. The maximum Gasteiger partial charge on any atom is 0.311 e. The first kappa shape index (κ1) is 16.2. The third-order valence-corrected chi connectivity index (χ3v) is 5.22. The molecule has 3 unspecified atom stereocenters. The summed E-state index contributed by atoms with van der Waals surface area (Å²) in [6.07, 6.45) is 2.34. The van der Waals surface area contributed by atoms with Crippen molar-refractivity contribution in [2.75, 3.05) is 32.6 Å². The highest BCUT2D eigenvalue weighted by Crippen LogP contribution is 2.20. The summed E-state index contributed by atoms with van der Waals surface area (Å²) in [6.45, 7) is 0.828. The van der Waals surface area contributed by atoms with Crippen molar-refractivity contribution in [3.8, 4) is 0 Å². The summed E-state index contributed by atoms with van der Waals surface area (Å²) in [6, 6.07) is -0.552. The van der Waals surface area contributed by atoms with Gasteiger partial charge < -0.3 is 15.2 Å². The topological polar surface area (TPSA) is 113 Å². The molecule has 0 spiro atoms. The van der Waals surface area contributed by atoms with Gasteiger partial charge >= 0.3 is 5.97 Å². The Bertz CT molecular complexity index is 520. The van der Waals surface area contributed by atoms with Gasteiger partial charge in [-0.2, -0.15) is 0 Å². The molecule has 8 nitrogen and oxygen atoms in total. The van der Waals surface area contributed by atoms with Crippen molar-refractivity contribution in [1.29, 1.82) is 0 Å². The van der Waals surface area contributed by atoms with E-state index in [4.69, 9.17) is 9.84 Å². The minimum Gasteiger partial charge on any atom is -0.481 e. The van der Waals surface area contributed by atoms with Crippen LogP contribution in [0, 0.1) is 11.8 Å². The summed E-state index contributed by atoms with van der Waals surface area (Å²) < 4.78 is 29.5. The van der Waals surface area contributed by atoms with Crippen molar-refractivity contribution in [2.45, 2.75) is 18.9 Å². The van der Waals surface area contributed by atoms with Gasteiger partial charge in [0, 0.05) is 13.1 Å². The van der Waals surface area contributed by atoms with Crippen molar-refractivity contribution in [1.82, 2.24) is 9.62 Å². The number of nitrogens with one attached hydrogen (secondary N) is 1. The smallest absolute Gasteiger partial charge is 0.311 e. The number of carboxylic acid groups (broad SMARTS) is 1. The highest BCUT2D eigenvalue weighted by molar-refractivity contribution is 7.88. The second-order valence-corrected chi connectivity index (χ2v) is 7.54. The van der Waals surface area contributed by atoms with E-state index in [9.17, 15) is 18.0 Å². The van der Waals surface area contributed by atoms with Crippen LogP contribution in [-0.2, 0) is 24.3 Å². The fraction of sp³-hybridized carbons (Fsp3) is 0.833. The zero-order chi connectivity index (χ0) is 15.6. The lowest BCUT2D eigenvalue weighted by Crippen LogP contribution is -2.49. The van der Waals surface area contributed by atoms with Crippen LogP contribution >= 0.6 is 0 Å². The van der Waals surface area contributed by atoms with Crippen LogP contribution in [0.4, 0.5) is 0 Å². The van der Waals surface area contributed by atoms with Crippen LogP contribution < -0.4 is 5.32 Å². The molecule has 2 heterocycles. The molecule has 0 aliphatic carbocycles. The number of carbonyl (C=O) groups excluding carboxylic acids is 1. The van der Waals surface area contributed by atoms with Crippen LogP contribution in [0.2, 0.25) is 0 Å². The second-order valence-electron chi connectivity index (χ2n) is 5.56. The van der Waals surface area contributed by atoms with E-state index in [0.717, 1.165) is 6.26 Å². The SMILES string of the molecule is CS(=O)(=O)N1CCCC(C(=O)NC2COCC2C(=O)O)C1. The van der Waals surface area contributed by atoms with Crippen molar-refractivity contribution in [3.63, 3.8) is 0 Å². The molecule has 0 aromatic heterocycles. The van der Waals surface area contributed by atoms with E-state index >= 15 is 0 Å². The highest BCUT2D eigenvalue weighted by Gasteiger charge is 2.37. The van der Waals surface area contributed by atoms with Gasteiger partial charge in [0.15, 0.2) is 0 Å². The molecular formula is C12H20N2O6S. The molecule has 0 bridgehead atoms. The van der Waals surface area contributed by atoms with Crippen LogP contribution in [0.3, 0.4) is 0 Å². The molecule has 0 aromatic carbocycles. The zero-order valence-electron chi connectivity index (χ0n) is 11.8. The van der Waals surface area contributed by atoms with Gasteiger partial charge in [-0.15, -0.1) is 0 Å². The summed E-state index contributed by atoms with van der Waals surface area (Å²) in [5.41, 5.74) is 0. The van der Waals surface area contributed by atoms with Gasteiger partial charge in [0.2, 0.25) is 15.9 Å². The number of sulfonamides is 1. The summed E-state index contributed by atoms with van der Waals surface area (Å²) in [5.74, 6) is -2.49. The van der Waals surface area contributed by atoms with Gasteiger partial charge in [0.25, 0.3) is 0 Å². The van der Waals surface area contributed by atoms with Crippen molar-refractivity contribution >= 4 is 21.9 Å². The number of rotatable bonds is 4. The first-order valence-corrected chi connectivity index (χ1v) is 8.70. The Morgan fingerprint density at radius 3 is 2.67 bits per heavy atom. The minimum absolute atomic E-state index is 0.0837. The highest BCUT2D eigenvalue weighted by atomic mass is 32.2. The number of ether oxygens (including phenoxy) is 1. The van der Waals surface area contributed by atoms with Gasteiger partial charge in [0.05, 0.1) is 31.4 Å². The molecule has 2 aliphatic rings. The molecule has 1 amide bonds. The Kier molecular flexibility index (Phi) is 4.84. The molecule has 2 fully saturated rings. The molecule has 0 aromatic rings. The summed E-state index contributed by atoms with van der Waals surface area (Å²) >= 11 is 0. The van der Waals surface area contributed by atoms with Crippen LogP contribution in [0.5, 0.6) is 0 Å². The van der Waals surface area contributed by atoms with E-state index in [2.05, 4.69) is 5.32 Å². The minimum atomic E-state index is -3.31. The van der Waals surface area contributed by atoms with Crippen LogP contribution in [0.25, 0.3) is 0 Å². The zero-order valence-corrected chi connectivity index (χ0v) is 12.6. The number of hydrogen-bond acceptors (Lipinski definition) is 5. The molecular weight excluding hydrogens is 300 g/mol. The molecule has 2 aliphatic heterocycles. The number of amides is 1. The largest absolute Gasteiger partial charge is 0.481 e. The molecule has 0 radical (unpaired) electrons. The Balaban J connectivity index is 1.95. The first-order valence-electron chi connectivity index (χ1n) is 6.85. The number of piperidine rings is 1. The van der Waals surface area contributed by atoms with Gasteiger partial charge in [-0.05, 0) is 12.8 Å². The Morgan fingerprint density at radius 2 is 2.05 bits per heavy atom. The van der Waals surface area contributed by atoms with Crippen molar-refractivity contribution < 1.29 is 27.9 Å². The first-order chi connectivity index (χ1) is 9.79. The standard InChI is InChI=1S/C12H20N2O6S/c1-21(18,19)14-4-2-3-8(5-14)11(15)13-10-7-20-6-9(10)12(16)17/h8-10H,2-7H2,1H3,(H,13,15)(H,16,17). The fourth-order valence-corrected chi connectivity index (χ4v) is 3.61. The molecule has 120 valence electrons. The van der Waals surface area contributed by atoms with Gasteiger partial charge in [-0.1, -0.05) is 0 Å². The number of hydrogen-bond donors (Lipinski definition) is 2. The number of nitrogens with zero attached hydrogens (tertiary/aromatic N) is 1. The normalized spacial score (nSPS) is 31.0. The van der Waals surface area contributed by atoms with Crippen LogP contribution in [0.15, 0.2) is 0 Å². The van der Waals surface area contributed by atoms with E-state index in [1.54, 1.807) is 0 Å². The van der Waals surface area contributed by atoms with Gasteiger partial charge in [0.1, 0.15) is 5.92 Å². The molecule has 21 heavy (non-hydrogen) atoms. The predicted octanol–water partition coefficient (Wildman–Crippen LogP) is -1.13. The van der Waals surface area contributed by atoms with E-state index in [0.29, 0.717) is 19.4 Å².